The number of terminal acetylenes is 1. The van der Waals surface area contributed by atoms with Crippen LogP contribution in [0.2, 0.25) is 0 Å². The molecule has 0 unspecified atom stereocenters. The van der Waals surface area contributed by atoms with E-state index < -0.39 is 0 Å². The lowest BCUT2D eigenvalue weighted by Gasteiger charge is -2.30. The summed E-state index contributed by atoms with van der Waals surface area (Å²) in [4.78, 5) is 18.5. The average Bonchev–Trinajstić information content (AvgIpc) is 3.22. The van der Waals surface area contributed by atoms with Gasteiger partial charge in [-0.1, -0.05) is 5.16 Å². The predicted octanol–water partition coefficient (Wildman–Crippen LogP) is 2.44. The number of nitrogens with zero attached hydrogens (tertiary/aromatic N) is 5. The van der Waals surface area contributed by atoms with E-state index in [2.05, 4.69) is 26.3 Å². The Hall–Kier alpha value is -2.23. The molecule has 1 aromatic heterocycles. The van der Waals surface area contributed by atoms with E-state index in [-0.39, 0.29) is 17.5 Å². The molecule has 0 atom stereocenters. The van der Waals surface area contributed by atoms with Crippen LogP contribution in [0.15, 0.2) is 14.8 Å². The average molecular weight is 315 g/mol. The first-order valence-electron chi connectivity index (χ1n) is 8.07. The lowest BCUT2D eigenvalue weighted by Crippen LogP contribution is -2.38. The summed E-state index contributed by atoms with van der Waals surface area (Å²) in [6, 6.07) is 0. The van der Waals surface area contributed by atoms with Gasteiger partial charge in [-0.25, -0.2) is 0 Å². The third kappa shape index (κ3) is 3.76. The number of amides is 1. The van der Waals surface area contributed by atoms with Crippen molar-refractivity contribution in [3.8, 4) is 12.3 Å². The summed E-state index contributed by atoms with van der Waals surface area (Å²) in [6.45, 7) is 3.28. The number of aromatic nitrogens is 2. The molecule has 0 radical (unpaired) electrons. The van der Waals surface area contributed by atoms with Crippen LogP contribution in [0.4, 0.5) is 0 Å². The van der Waals surface area contributed by atoms with Gasteiger partial charge in [0.25, 0.3) is 0 Å². The molecule has 1 aromatic rings. The molecule has 0 N–H and O–H groups in total. The Balaban J connectivity index is 1.43. The van der Waals surface area contributed by atoms with E-state index in [1.165, 1.54) is 0 Å². The predicted molar refractivity (Wildman–Crippen MR) is 82.5 cm³/mol. The van der Waals surface area contributed by atoms with Gasteiger partial charge in [0.2, 0.25) is 11.8 Å². The molecule has 0 spiro atoms. The van der Waals surface area contributed by atoms with Gasteiger partial charge in [0.05, 0.1) is 0 Å². The number of hydrogen-bond acceptors (Lipinski definition) is 6. The second kappa shape index (κ2) is 6.49. The summed E-state index contributed by atoms with van der Waals surface area (Å²) in [5, 5.41) is 12.0. The molecule has 0 saturated carbocycles. The van der Waals surface area contributed by atoms with Crippen LogP contribution in [0.5, 0.6) is 0 Å². The summed E-state index contributed by atoms with van der Waals surface area (Å²) < 4.78 is 5.23. The molecule has 1 fully saturated rings. The summed E-state index contributed by atoms with van der Waals surface area (Å²) in [6.07, 6.45) is 9.54. The molecule has 3 heterocycles. The smallest absolute Gasteiger partial charge is 0.229 e. The largest absolute Gasteiger partial charge is 0.343 e. The zero-order chi connectivity index (χ0) is 16.3. The van der Waals surface area contributed by atoms with Crippen molar-refractivity contribution in [2.75, 3.05) is 13.1 Å². The highest BCUT2D eigenvalue weighted by atomic mass is 16.5. The second-order valence-electron chi connectivity index (χ2n) is 6.22. The highest BCUT2D eigenvalue weighted by molar-refractivity contribution is 5.76. The number of carbonyl (C=O) groups excluding carboxylic acids is 1. The molecular weight excluding hydrogens is 294 g/mol. The molecule has 0 bridgehead atoms. The number of likely N-dealkylation sites (tertiary alicyclic amines) is 1. The van der Waals surface area contributed by atoms with Gasteiger partial charge in [-0.2, -0.15) is 15.2 Å². The van der Waals surface area contributed by atoms with Gasteiger partial charge in [-0.05, 0) is 19.8 Å². The number of rotatable bonds is 6. The Morgan fingerprint density at radius 2 is 2.13 bits per heavy atom. The summed E-state index contributed by atoms with van der Waals surface area (Å²) in [5.74, 6) is 4.38. The minimum absolute atomic E-state index is 0.169. The lowest BCUT2D eigenvalue weighted by molar-refractivity contribution is -0.132. The van der Waals surface area contributed by atoms with Crippen molar-refractivity contribution in [1.29, 1.82) is 0 Å². The number of aryl methyl sites for hydroxylation is 1. The maximum absolute atomic E-state index is 12.3. The SMILES string of the molecule is C#CCCC1(CCC(=O)N2CCC(c3nc(C)no3)CC2)N=N1. The second-order valence-corrected chi connectivity index (χ2v) is 6.22. The van der Waals surface area contributed by atoms with E-state index in [0.29, 0.717) is 31.0 Å². The minimum Gasteiger partial charge on any atom is -0.343 e. The number of carbonyl (C=O) groups is 1. The Bertz CT molecular complexity index is 631. The van der Waals surface area contributed by atoms with Crippen LogP contribution in [0.1, 0.15) is 56.2 Å². The normalized spacial score (nSPS) is 19.6. The zero-order valence-corrected chi connectivity index (χ0v) is 13.4. The van der Waals surface area contributed by atoms with Crippen molar-refractivity contribution in [2.24, 2.45) is 10.2 Å². The third-order valence-electron chi connectivity index (χ3n) is 4.53. The van der Waals surface area contributed by atoms with E-state index >= 15 is 0 Å². The Kier molecular flexibility index (Phi) is 4.42. The van der Waals surface area contributed by atoms with Crippen LogP contribution >= 0.6 is 0 Å². The van der Waals surface area contributed by atoms with Gasteiger partial charge in [0.1, 0.15) is 0 Å². The summed E-state index contributed by atoms with van der Waals surface area (Å²) in [7, 11) is 0. The van der Waals surface area contributed by atoms with E-state index in [0.717, 1.165) is 32.4 Å². The van der Waals surface area contributed by atoms with E-state index in [4.69, 9.17) is 10.9 Å². The van der Waals surface area contributed by atoms with Crippen molar-refractivity contribution >= 4 is 5.91 Å². The topological polar surface area (TPSA) is 84.0 Å². The lowest BCUT2D eigenvalue weighted by atomic mass is 9.96. The van der Waals surface area contributed by atoms with Gasteiger partial charge in [0.15, 0.2) is 11.5 Å². The monoisotopic (exact) mass is 315 g/mol. The molecule has 1 amide bonds. The van der Waals surface area contributed by atoms with Crippen LogP contribution in [0.3, 0.4) is 0 Å². The van der Waals surface area contributed by atoms with Crippen LogP contribution in [0.25, 0.3) is 0 Å². The molecule has 3 rings (SSSR count). The Morgan fingerprint density at radius 3 is 2.70 bits per heavy atom. The van der Waals surface area contributed by atoms with Crippen LogP contribution in [-0.4, -0.2) is 39.7 Å². The molecule has 2 aliphatic heterocycles. The molecule has 2 aliphatic rings. The highest BCUT2D eigenvalue weighted by Crippen LogP contribution is 2.38. The summed E-state index contributed by atoms with van der Waals surface area (Å²) in [5.41, 5.74) is -0.373. The first kappa shape index (κ1) is 15.7. The van der Waals surface area contributed by atoms with Crippen LogP contribution < -0.4 is 0 Å². The fraction of sp³-hybridized carbons (Fsp3) is 0.688. The Morgan fingerprint density at radius 1 is 1.39 bits per heavy atom. The zero-order valence-electron chi connectivity index (χ0n) is 13.4. The molecule has 7 nitrogen and oxygen atoms in total. The number of hydrogen-bond donors (Lipinski definition) is 0. The van der Waals surface area contributed by atoms with Crippen molar-refractivity contribution in [3.63, 3.8) is 0 Å². The van der Waals surface area contributed by atoms with Gasteiger partial charge in [0, 0.05) is 44.7 Å². The molecule has 0 aliphatic carbocycles. The van der Waals surface area contributed by atoms with Crippen molar-refractivity contribution in [3.05, 3.63) is 11.7 Å². The van der Waals surface area contributed by atoms with E-state index in [1.807, 2.05) is 11.8 Å². The van der Waals surface area contributed by atoms with Gasteiger partial charge in [-0.3, -0.25) is 4.79 Å². The van der Waals surface area contributed by atoms with Crippen molar-refractivity contribution < 1.29 is 9.32 Å². The standard InChI is InChI=1S/C16H21N5O2/c1-3-4-8-16(19-20-16)9-5-14(22)21-10-6-13(7-11-21)15-17-12(2)18-23-15/h1,13H,4-11H2,2H3. The number of piperidine rings is 1. The minimum atomic E-state index is -0.373. The maximum Gasteiger partial charge on any atom is 0.229 e. The Labute approximate surface area is 135 Å². The van der Waals surface area contributed by atoms with E-state index in [1.54, 1.807) is 0 Å². The third-order valence-corrected chi connectivity index (χ3v) is 4.53. The van der Waals surface area contributed by atoms with Gasteiger partial charge < -0.3 is 9.42 Å². The van der Waals surface area contributed by atoms with Crippen LogP contribution in [0, 0.1) is 19.3 Å². The molecule has 0 aromatic carbocycles. The first-order valence-corrected chi connectivity index (χ1v) is 8.07. The van der Waals surface area contributed by atoms with E-state index in [9.17, 15) is 4.79 Å². The quantitative estimate of drug-likeness (QED) is 0.755. The molecule has 7 heteroatoms. The fourth-order valence-corrected chi connectivity index (χ4v) is 2.99. The van der Waals surface area contributed by atoms with Crippen molar-refractivity contribution in [1.82, 2.24) is 15.0 Å². The van der Waals surface area contributed by atoms with Crippen molar-refractivity contribution in [2.45, 2.75) is 57.0 Å². The molecule has 23 heavy (non-hydrogen) atoms. The highest BCUT2D eigenvalue weighted by Gasteiger charge is 2.39. The molecule has 122 valence electrons. The molecular formula is C16H21N5O2. The fourth-order valence-electron chi connectivity index (χ4n) is 2.99. The first-order chi connectivity index (χ1) is 11.1. The summed E-state index contributed by atoms with van der Waals surface area (Å²) >= 11 is 0. The maximum atomic E-state index is 12.3. The molecule has 1 saturated heterocycles. The van der Waals surface area contributed by atoms with Crippen LogP contribution in [-0.2, 0) is 4.79 Å². The van der Waals surface area contributed by atoms with Gasteiger partial charge in [-0.15, -0.1) is 12.3 Å². The van der Waals surface area contributed by atoms with Gasteiger partial charge >= 0.3 is 0 Å².